The summed E-state index contributed by atoms with van der Waals surface area (Å²) in [5.74, 6) is 0. The maximum atomic E-state index is 11.8. The minimum absolute atomic E-state index is 0.0759. The van der Waals surface area contributed by atoms with Crippen LogP contribution in [0.2, 0.25) is 0 Å². The molecule has 0 spiro atoms. The number of rotatable bonds is 3. The molecule has 10 nitrogen and oxygen atoms in total. The van der Waals surface area contributed by atoms with Crippen LogP contribution < -0.4 is 11.2 Å². The number of aromatic amines is 1. The standard InChI is InChI=1S/C10H11N5O5/c11-14-13-7-6-8(20-10(7,3-16)4-19-6)15-2-1-5(17)12-9(15)18/h1-2,6-8,16H,3-4H2,(H,12,17,18)/t6-,7+,8-,10+/m1/s1. The summed E-state index contributed by atoms with van der Waals surface area (Å²) in [6.07, 6.45) is -0.286. The van der Waals surface area contributed by atoms with Crippen molar-refractivity contribution >= 4 is 0 Å². The van der Waals surface area contributed by atoms with Crippen molar-refractivity contribution in [2.45, 2.75) is 24.0 Å². The second-order valence-electron chi connectivity index (χ2n) is 4.67. The first-order chi connectivity index (χ1) is 9.61. The van der Waals surface area contributed by atoms with Gasteiger partial charge in [0.05, 0.1) is 13.2 Å². The van der Waals surface area contributed by atoms with E-state index in [1.165, 1.54) is 12.3 Å². The van der Waals surface area contributed by atoms with Crippen molar-refractivity contribution in [3.05, 3.63) is 43.5 Å². The monoisotopic (exact) mass is 281 g/mol. The summed E-state index contributed by atoms with van der Waals surface area (Å²) in [4.78, 5) is 27.6. The minimum Gasteiger partial charge on any atom is -0.393 e. The first-order valence-electron chi connectivity index (χ1n) is 5.87. The van der Waals surface area contributed by atoms with E-state index in [2.05, 4.69) is 15.0 Å². The van der Waals surface area contributed by atoms with Gasteiger partial charge in [0.15, 0.2) is 6.23 Å². The van der Waals surface area contributed by atoms with E-state index in [0.29, 0.717) is 0 Å². The minimum atomic E-state index is -1.16. The lowest BCUT2D eigenvalue weighted by Gasteiger charge is -2.29. The van der Waals surface area contributed by atoms with Crippen molar-refractivity contribution in [1.82, 2.24) is 9.55 Å². The lowest BCUT2D eigenvalue weighted by atomic mass is 9.98. The number of azide groups is 1. The number of nitrogens with zero attached hydrogens (tertiary/aromatic N) is 4. The van der Waals surface area contributed by atoms with Gasteiger partial charge in [-0.3, -0.25) is 14.3 Å². The van der Waals surface area contributed by atoms with E-state index in [-0.39, 0.29) is 6.61 Å². The molecule has 0 aliphatic carbocycles. The molecule has 1 aromatic rings. The number of aliphatic hydroxyl groups is 1. The highest BCUT2D eigenvalue weighted by molar-refractivity contribution is 5.11. The lowest BCUT2D eigenvalue weighted by Crippen LogP contribution is -2.44. The van der Waals surface area contributed by atoms with E-state index in [1.807, 2.05) is 0 Å². The number of aliphatic hydroxyl groups excluding tert-OH is 1. The molecular formula is C10H11N5O5. The topological polar surface area (TPSA) is 142 Å². The Labute approximate surface area is 111 Å². The molecular weight excluding hydrogens is 270 g/mol. The zero-order chi connectivity index (χ0) is 14.3. The molecule has 2 aliphatic rings. The molecule has 0 unspecified atom stereocenters. The molecule has 20 heavy (non-hydrogen) atoms. The Bertz CT molecular complexity index is 692. The van der Waals surface area contributed by atoms with Gasteiger partial charge in [0, 0.05) is 17.2 Å². The Morgan fingerprint density at radius 2 is 2.45 bits per heavy atom. The van der Waals surface area contributed by atoms with Crippen molar-refractivity contribution in [1.29, 1.82) is 0 Å². The van der Waals surface area contributed by atoms with E-state index in [0.717, 1.165) is 4.57 Å². The molecule has 2 aliphatic heterocycles. The van der Waals surface area contributed by atoms with Crippen LogP contribution in [-0.4, -0.2) is 45.6 Å². The van der Waals surface area contributed by atoms with Crippen LogP contribution in [0.4, 0.5) is 0 Å². The van der Waals surface area contributed by atoms with Crippen LogP contribution in [0.25, 0.3) is 10.4 Å². The fraction of sp³-hybridized carbons (Fsp3) is 0.600. The van der Waals surface area contributed by atoms with Crippen molar-refractivity contribution in [2.75, 3.05) is 13.2 Å². The molecule has 2 saturated heterocycles. The predicted octanol–water partition coefficient (Wildman–Crippen LogP) is -1.13. The molecule has 0 amide bonds. The summed E-state index contributed by atoms with van der Waals surface area (Å²) in [5, 5.41) is 13.1. The summed E-state index contributed by atoms with van der Waals surface area (Å²) in [7, 11) is 0. The Hall–Kier alpha value is -2.13. The SMILES string of the molecule is [N-]=[N+]=N[C@H]1[C@H]2OC[C@]1(CO)O[C@H]2n1ccc(=O)[nH]c1=O. The molecule has 0 radical (unpaired) electrons. The van der Waals surface area contributed by atoms with Gasteiger partial charge in [0.2, 0.25) is 0 Å². The van der Waals surface area contributed by atoms with Gasteiger partial charge in [-0.15, -0.1) is 0 Å². The Morgan fingerprint density at radius 1 is 1.65 bits per heavy atom. The van der Waals surface area contributed by atoms with Gasteiger partial charge in [-0.25, -0.2) is 4.79 Å². The molecule has 3 rings (SSSR count). The summed E-state index contributed by atoms with van der Waals surface area (Å²) < 4.78 is 12.3. The number of ether oxygens (including phenoxy) is 2. The molecule has 0 saturated carbocycles. The molecule has 3 heterocycles. The van der Waals surface area contributed by atoms with Crippen molar-refractivity contribution in [2.24, 2.45) is 5.11 Å². The maximum absolute atomic E-state index is 11.8. The van der Waals surface area contributed by atoms with E-state index < -0.39 is 41.8 Å². The van der Waals surface area contributed by atoms with Gasteiger partial charge in [-0.05, 0) is 5.53 Å². The number of H-pyrrole nitrogens is 1. The Morgan fingerprint density at radius 3 is 3.10 bits per heavy atom. The first-order valence-corrected chi connectivity index (χ1v) is 5.87. The molecule has 2 bridgehead atoms. The second kappa shape index (κ2) is 4.46. The highest BCUT2D eigenvalue weighted by Gasteiger charge is 2.61. The highest BCUT2D eigenvalue weighted by Crippen LogP contribution is 2.45. The van der Waals surface area contributed by atoms with Crippen molar-refractivity contribution in [3.8, 4) is 0 Å². The van der Waals surface area contributed by atoms with Crippen LogP contribution >= 0.6 is 0 Å². The molecule has 2 fully saturated rings. The fourth-order valence-electron chi connectivity index (χ4n) is 2.61. The quantitative estimate of drug-likeness (QED) is 0.409. The molecule has 2 N–H and O–H groups in total. The van der Waals surface area contributed by atoms with Crippen LogP contribution in [0.15, 0.2) is 27.0 Å². The first kappa shape index (κ1) is 12.9. The van der Waals surface area contributed by atoms with E-state index in [9.17, 15) is 14.7 Å². The lowest BCUT2D eigenvalue weighted by molar-refractivity contribution is -0.185. The summed E-state index contributed by atoms with van der Waals surface area (Å²) in [6, 6.07) is 0.437. The van der Waals surface area contributed by atoms with Crippen LogP contribution in [0.5, 0.6) is 0 Å². The summed E-state index contributed by atoms with van der Waals surface area (Å²) in [6.45, 7) is -0.325. The van der Waals surface area contributed by atoms with Gasteiger partial charge in [0.1, 0.15) is 17.7 Å². The fourth-order valence-corrected chi connectivity index (χ4v) is 2.61. The van der Waals surface area contributed by atoms with Gasteiger partial charge in [-0.2, -0.15) is 0 Å². The van der Waals surface area contributed by atoms with Crippen LogP contribution in [0.1, 0.15) is 6.23 Å². The normalized spacial score (nSPS) is 35.0. The second-order valence-corrected chi connectivity index (χ2v) is 4.67. The van der Waals surface area contributed by atoms with E-state index in [1.54, 1.807) is 0 Å². The van der Waals surface area contributed by atoms with Gasteiger partial charge >= 0.3 is 5.69 Å². The molecule has 106 valence electrons. The summed E-state index contributed by atoms with van der Waals surface area (Å²) in [5.41, 5.74) is 6.25. The van der Waals surface area contributed by atoms with Crippen molar-refractivity contribution in [3.63, 3.8) is 0 Å². The van der Waals surface area contributed by atoms with Gasteiger partial charge < -0.3 is 14.6 Å². The Balaban J connectivity index is 2.04. The number of fused-ring (bicyclic) bond motifs is 2. The Kier molecular flexibility index (Phi) is 2.87. The van der Waals surface area contributed by atoms with Crippen LogP contribution in [0, 0.1) is 0 Å². The maximum Gasteiger partial charge on any atom is 0.330 e. The third kappa shape index (κ3) is 1.67. The zero-order valence-corrected chi connectivity index (χ0v) is 10.2. The average Bonchev–Trinajstić information content (AvgIpc) is 2.92. The molecule has 10 heteroatoms. The molecule has 1 aromatic heterocycles. The smallest absolute Gasteiger partial charge is 0.330 e. The van der Waals surface area contributed by atoms with E-state index >= 15 is 0 Å². The number of hydrogen-bond donors (Lipinski definition) is 2. The zero-order valence-electron chi connectivity index (χ0n) is 10.2. The predicted molar refractivity (Wildman–Crippen MR) is 63.9 cm³/mol. The third-order valence-electron chi connectivity index (χ3n) is 3.58. The number of aromatic nitrogens is 2. The van der Waals surface area contributed by atoms with Crippen LogP contribution in [-0.2, 0) is 9.47 Å². The van der Waals surface area contributed by atoms with Gasteiger partial charge in [0.25, 0.3) is 5.56 Å². The molecule has 0 aromatic carbocycles. The number of nitrogens with one attached hydrogen (secondary N) is 1. The van der Waals surface area contributed by atoms with Crippen molar-refractivity contribution < 1.29 is 14.6 Å². The van der Waals surface area contributed by atoms with E-state index in [4.69, 9.17) is 15.0 Å². The number of hydrogen-bond acceptors (Lipinski definition) is 6. The molecule has 4 atom stereocenters. The average molecular weight is 281 g/mol. The third-order valence-corrected chi connectivity index (χ3v) is 3.58. The summed E-state index contributed by atoms with van der Waals surface area (Å²) >= 11 is 0. The largest absolute Gasteiger partial charge is 0.393 e. The highest BCUT2D eigenvalue weighted by atomic mass is 16.6. The van der Waals surface area contributed by atoms with Crippen LogP contribution in [0.3, 0.4) is 0 Å². The van der Waals surface area contributed by atoms with Gasteiger partial charge in [-0.1, -0.05) is 5.11 Å².